The van der Waals surface area contributed by atoms with Crippen molar-refractivity contribution < 1.29 is 18.6 Å². The Balaban J connectivity index is 1.96. The number of fused-ring (bicyclic) bond motifs is 1. The molecule has 0 bridgehead atoms. The highest BCUT2D eigenvalue weighted by Gasteiger charge is 2.14. The Bertz CT molecular complexity index is 572. The molecule has 2 rings (SSSR count). The molecular formula is C15H20F2N2O2. The summed E-state index contributed by atoms with van der Waals surface area (Å²) < 4.78 is 30.5. The number of hydrogen-bond acceptors (Lipinski definition) is 3. The van der Waals surface area contributed by atoms with Crippen LogP contribution in [0.15, 0.2) is 24.3 Å². The van der Waals surface area contributed by atoms with Crippen molar-refractivity contribution in [3.8, 4) is 0 Å². The topological polar surface area (TPSA) is 47.3 Å². The van der Waals surface area contributed by atoms with Crippen LogP contribution in [0.2, 0.25) is 0 Å². The maximum Gasteiger partial charge on any atom is 0.261 e. The smallest absolute Gasteiger partial charge is 0.261 e. The molecule has 4 nitrogen and oxygen atoms in total. The summed E-state index contributed by atoms with van der Waals surface area (Å²) in [5.74, 6) is 0. The number of aryl methyl sites for hydroxylation is 1. The van der Waals surface area contributed by atoms with Crippen molar-refractivity contribution in [3.05, 3.63) is 30.0 Å². The first-order chi connectivity index (χ1) is 10.1. The fraction of sp³-hybridized carbons (Fsp3) is 0.533. The van der Waals surface area contributed by atoms with Gasteiger partial charge in [0.2, 0.25) is 0 Å². The molecule has 0 spiro atoms. The summed E-state index contributed by atoms with van der Waals surface area (Å²) in [5.41, 5.74) is 1.87. The average Bonchev–Trinajstić information content (AvgIpc) is 2.82. The zero-order valence-corrected chi connectivity index (χ0v) is 12.0. The van der Waals surface area contributed by atoms with Crippen LogP contribution < -0.4 is 0 Å². The van der Waals surface area contributed by atoms with E-state index in [1.165, 1.54) is 0 Å². The molecule has 1 N–H and O–H groups in total. The number of rotatable bonds is 8. The van der Waals surface area contributed by atoms with E-state index in [1.807, 2.05) is 35.9 Å². The van der Waals surface area contributed by atoms with Gasteiger partial charge in [-0.15, -0.1) is 0 Å². The number of hydrogen-bond donors (Lipinski definition) is 1. The van der Waals surface area contributed by atoms with Crippen molar-refractivity contribution in [1.82, 2.24) is 9.78 Å². The zero-order valence-electron chi connectivity index (χ0n) is 12.0. The predicted molar refractivity (Wildman–Crippen MR) is 76.6 cm³/mol. The lowest BCUT2D eigenvalue weighted by molar-refractivity contribution is 0.00505. The van der Waals surface area contributed by atoms with Gasteiger partial charge in [0.25, 0.3) is 6.43 Å². The summed E-state index contributed by atoms with van der Waals surface area (Å²) in [6, 6.07) is 7.86. The van der Waals surface area contributed by atoms with Crippen LogP contribution in [-0.2, 0) is 17.7 Å². The SMILES string of the molecule is CCn1nc(CC(O)CCOCC(F)F)c2ccccc21. The lowest BCUT2D eigenvalue weighted by Gasteiger charge is -2.09. The number of nitrogens with zero attached hydrogens (tertiary/aromatic N) is 2. The minimum absolute atomic E-state index is 0.123. The molecule has 0 radical (unpaired) electrons. The van der Waals surface area contributed by atoms with Crippen molar-refractivity contribution in [2.75, 3.05) is 13.2 Å². The minimum Gasteiger partial charge on any atom is -0.393 e. The molecule has 1 atom stereocenters. The number of para-hydroxylation sites is 1. The van der Waals surface area contributed by atoms with Crippen LogP contribution in [0.4, 0.5) is 8.78 Å². The van der Waals surface area contributed by atoms with E-state index in [0.29, 0.717) is 12.8 Å². The van der Waals surface area contributed by atoms with Crippen molar-refractivity contribution in [2.24, 2.45) is 0 Å². The molecule has 1 heterocycles. The monoisotopic (exact) mass is 298 g/mol. The highest BCUT2D eigenvalue weighted by molar-refractivity contribution is 5.81. The van der Waals surface area contributed by atoms with Crippen LogP contribution in [0.1, 0.15) is 19.0 Å². The van der Waals surface area contributed by atoms with Gasteiger partial charge in [0.1, 0.15) is 6.61 Å². The third-order valence-corrected chi connectivity index (χ3v) is 3.30. The van der Waals surface area contributed by atoms with Gasteiger partial charge < -0.3 is 9.84 Å². The van der Waals surface area contributed by atoms with Crippen molar-refractivity contribution in [2.45, 2.75) is 38.8 Å². The molecule has 0 amide bonds. The molecule has 0 aliphatic carbocycles. The van der Waals surface area contributed by atoms with Gasteiger partial charge >= 0.3 is 0 Å². The third kappa shape index (κ3) is 4.22. The lowest BCUT2D eigenvalue weighted by Crippen LogP contribution is -2.16. The van der Waals surface area contributed by atoms with Crippen LogP contribution in [0, 0.1) is 0 Å². The lowest BCUT2D eigenvalue weighted by atomic mass is 10.1. The summed E-state index contributed by atoms with van der Waals surface area (Å²) in [6.07, 6.45) is -2.40. The first kappa shape index (κ1) is 15.9. The number of halogens is 2. The van der Waals surface area contributed by atoms with E-state index in [0.717, 1.165) is 23.1 Å². The van der Waals surface area contributed by atoms with Gasteiger partial charge in [-0.1, -0.05) is 18.2 Å². The Kier molecular flexibility index (Phi) is 5.64. The molecule has 0 aliphatic heterocycles. The van der Waals surface area contributed by atoms with E-state index < -0.39 is 19.1 Å². The largest absolute Gasteiger partial charge is 0.393 e. The van der Waals surface area contributed by atoms with Crippen molar-refractivity contribution >= 4 is 10.9 Å². The van der Waals surface area contributed by atoms with Crippen LogP contribution >= 0.6 is 0 Å². The highest BCUT2D eigenvalue weighted by atomic mass is 19.3. The van der Waals surface area contributed by atoms with E-state index in [9.17, 15) is 13.9 Å². The van der Waals surface area contributed by atoms with Gasteiger partial charge in [-0.2, -0.15) is 5.10 Å². The molecular weight excluding hydrogens is 278 g/mol. The number of alkyl halides is 2. The van der Waals surface area contributed by atoms with E-state index >= 15 is 0 Å². The Hall–Kier alpha value is -1.53. The highest BCUT2D eigenvalue weighted by Crippen LogP contribution is 2.20. The quantitative estimate of drug-likeness (QED) is 0.762. The van der Waals surface area contributed by atoms with Gasteiger partial charge in [0.15, 0.2) is 0 Å². The number of ether oxygens (including phenoxy) is 1. The maximum absolute atomic E-state index is 11.9. The second-order valence-corrected chi connectivity index (χ2v) is 4.89. The summed E-state index contributed by atoms with van der Waals surface area (Å²) in [4.78, 5) is 0. The molecule has 0 aliphatic rings. The molecule has 1 aromatic carbocycles. The van der Waals surface area contributed by atoms with E-state index in [-0.39, 0.29) is 6.61 Å². The minimum atomic E-state index is -2.47. The standard InChI is InChI=1S/C15H20F2N2O2/c1-2-19-14-6-4-3-5-12(14)13(18-19)9-11(20)7-8-21-10-15(16)17/h3-6,11,15,20H,2,7-10H2,1H3. The average molecular weight is 298 g/mol. The summed E-state index contributed by atoms with van der Waals surface area (Å²) in [5, 5.41) is 15.5. The normalized spacial score (nSPS) is 13.2. The molecule has 1 unspecified atom stereocenters. The summed E-state index contributed by atoms with van der Waals surface area (Å²) in [6.45, 7) is 2.31. The number of aromatic nitrogens is 2. The second kappa shape index (κ2) is 7.47. The molecule has 0 fully saturated rings. The Morgan fingerprint density at radius 2 is 2.10 bits per heavy atom. The maximum atomic E-state index is 11.9. The van der Waals surface area contributed by atoms with Gasteiger partial charge in [0, 0.05) is 25.0 Å². The predicted octanol–water partition coefficient (Wildman–Crippen LogP) is 2.63. The zero-order chi connectivity index (χ0) is 15.2. The Morgan fingerprint density at radius 3 is 2.81 bits per heavy atom. The Morgan fingerprint density at radius 1 is 1.33 bits per heavy atom. The van der Waals surface area contributed by atoms with Crippen LogP contribution in [-0.4, -0.2) is 40.6 Å². The molecule has 0 saturated heterocycles. The number of aliphatic hydroxyl groups is 1. The molecule has 1 aromatic heterocycles. The molecule has 0 saturated carbocycles. The van der Waals surface area contributed by atoms with E-state index in [4.69, 9.17) is 4.74 Å². The molecule has 116 valence electrons. The fourth-order valence-electron chi connectivity index (χ4n) is 2.31. The van der Waals surface area contributed by atoms with Gasteiger partial charge in [0.05, 0.1) is 17.3 Å². The number of benzene rings is 1. The van der Waals surface area contributed by atoms with Gasteiger partial charge in [-0.3, -0.25) is 4.68 Å². The molecule has 2 aromatic rings. The second-order valence-electron chi connectivity index (χ2n) is 4.89. The summed E-state index contributed by atoms with van der Waals surface area (Å²) >= 11 is 0. The van der Waals surface area contributed by atoms with Crippen LogP contribution in [0.25, 0.3) is 10.9 Å². The van der Waals surface area contributed by atoms with Gasteiger partial charge in [-0.05, 0) is 19.4 Å². The van der Waals surface area contributed by atoms with Gasteiger partial charge in [-0.25, -0.2) is 8.78 Å². The van der Waals surface area contributed by atoms with E-state index in [2.05, 4.69) is 5.10 Å². The fourth-order valence-corrected chi connectivity index (χ4v) is 2.31. The Labute approximate surface area is 122 Å². The van der Waals surface area contributed by atoms with Crippen molar-refractivity contribution in [1.29, 1.82) is 0 Å². The molecule has 6 heteroatoms. The van der Waals surface area contributed by atoms with E-state index in [1.54, 1.807) is 0 Å². The first-order valence-electron chi connectivity index (χ1n) is 7.10. The summed E-state index contributed by atoms with van der Waals surface area (Å²) in [7, 11) is 0. The first-order valence-corrected chi connectivity index (χ1v) is 7.10. The molecule has 21 heavy (non-hydrogen) atoms. The number of aliphatic hydroxyl groups excluding tert-OH is 1. The third-order valence-electron chi connectivity index (χ3n) is 3.30. The van der Waals surface area contributed by atoms with Crippen LogP contribution in [0.5, 0.6) is 0 Å². The van der Waals surface area contributed by atoms with Crippen LogP contribution in [0.3, 0.4) is 0 Å². The van der Waals surface area contributed by atoms with Crippen molar-refractivity contribution in [3.63, 3.8) is 0 Å².